The van der Waals surface area contributed by atoms with Crippen molar-refractivity contribution >= 4 is 16.9 Å². The first-order chi connectivity index (χ1) is 11.4. The third kappa shape index (κ3) is 2.56. The highest BCUT2D eigenvalue weighted by atomic mass is 19.4. The summed E-state index contributed by atoms with van der Waals surface area (Å²) < 4.78 is 44.4. The van der Waals surface area contributed by atoms with Crippen LogP contribution < -0.4 is 5.32 Å². The van der Waals surface area contributed by atoms with Gasteiger partial charge < -0.3 is 9.72 Å². The Morgan fingerprint density at radius 1 is 1.25 bits per heavy atom. The molecular formula is C17H17F3N2O2. The van der Waals surface area contributed by atoms with Gasteiger partial charge in [0, 0.05) is 17.4 Å². The van der Waals surface area contributed by atoms with E-state index in [1.54, 1.807) is 0 Å². The molecule has 0 bridgehead atoms. The fourth-order valence-electron chi connectivity index (χ4n) is 3.33. The molecule has 24 heavy (non-hydrogen) atoms. The van der Waals surface area contributed by atoms with Crippen LogP contribution in [-0.4, -0.2) is 17.5 Å². The van der Waals surface area contributed by atoms with Gasteiger partial charge in [0.05, 0.1) is 17.2 Å². The number of alkyl halides is 3. The quantitative estimate of drug-likeness (QED) is 0.822. The zero-order chi connectivity index (χ0) is 16.9. The molecule has 1 atom stereocenters. The van der Waals surface area contributed by atoms with Crippen molar-refractivity contribution in [2.75, 3.05) is 6.54 Å². The number of aromatic amines is 1. The Labute approximate surface area is 136 Å². The number of H-pyrrole nitrogens is 1. The Morgan fingerprint density at radius 2 is 2.04 bits per heavy atom. The molecule has 0 radical (unpaired) electrons. The summed E-state index contributed by atoms with van der Waals surface area (Å²) in [4.78, 5) is 15.2. The standard InChI is InChI=1S/C17H17F3N2O2/c18-17(19,20)10-4-5-13-12(8-10)11-6-7-21-15(14(11)22-13)24-16(23)9-2-1-3-9/h4-5,8-9,15,21-22H,1-3,6-7H2. The second kappa shape index (κ2) is 5.51. The first-order valence-electron chi connectivity index (χ1n) is 8.09. The maximum atomic E-state index is 12.9. The number of hydrogen-bond donors (Lipinski definition) is 2. The van der Waals surface area contributed by atoms with E-state index in [1.165, 1.54) is 12.1 Å². The Hall–Kier alpha value is -2.02. The summed E-state index contributed by atoms with van der Waals surface area (Å²) in [6.45, 7) is 0.554. The molecule has 0 saturated heterocycles. The van der Waals surface area contributed by atoms with Crippen molar-refractivity contribution in [2.24, 2.45) is 5.92 Å². The zero-order valence-corrected chi connectivity index (χ0v) is 12.9. The molecule has 2 heterocycles. The monoisotopic (exact) mass is 338 g/mol. The van der Waals surface area contributed by atoms with Crippen LogP contribution in [-0.2, 0) is 22.1 Å². The molecule has 1 saturated carbocycles. The summed E-state index contributed by atoms with van der Waals surface area (Å²) in [5.74, 6) is -0.278. The van der Waals surface area contributed by atoms with Crippen LogP contribution in [0.4, 0.5) is 13.2 Å². The second-order valence-corrected chi connectivity index (χ2v) is 6.42. The number of carbonyl (C=O) groups excluding carboxylic acids is 1. The van der Waals surface area contributed by atoms with Gasteiger partial charge in [0.15, 0.2) is 6.23 Å². The number of fused-ring (bicyclic) bond motifs is 3. The molecular weight excluding hydrogens is 321 g/mol. The predicted molar refractivity (Wildman–Crippen MR) is 81.2 cm³/mol. The number of halogens is 3. The van der Waals surface area contributed by atoms with E-state index in [0.717, 1.165) is 30.9 Å². The molecule has 2 N–H and O–H groups in total. The Kier molecular flexibility index (Phi) is 3.56. The summed E-state index contributed by atoms with van der Waals surface area (Å²) in [7, 11) is 0. The van der Waals surface area contributed by atoms with E-state index in [2.05, 4.69) is 10.3 Å². The van der Waals surface area contributed by atoms with Gasteiger partial charge in [-0.3, -0.25) is 10.1 Å². The molecule has 2 aromatic rings. The molecule has 2 aliphatic rings. The number of esters is 1. The third-order valence-corrected chi connectivity index (χ3v) is 4.91. The summed E-state index contributed by atoms with van der Waals surface area (Å²) in [6.07, 6.45) is -1.67. The first kappa shape index (κ1) is 15.5. The highest BCUT2D eigenvalue weighted by Gasteiger charge is 2.34. The van der Waals surface area contributed by atoms with Crippen LogP contribution in [0.2, 0.25) is 0 Å². The van der Waals surface area contributed by atoms with E-state index in [1.807, 2.05) is 0 Å². The number of aromatic nitrogens is 1. The van der Waals surface area contributed by atoms with E-state index < -0.39 is 18.0 Å². The minimum Gasteiger partial charge on any atom is -0.440 e. The van der Waals surface area contributed by atoms with Crippen LogP contribution in [0.25, 0.3) is 10.9 Å². The van der Waals surface area contributed by atoms with Crippen molar-refractivity contribution in [2.45, 2.75) is 38.1 Å². The molecule has 128 valence electrons. The average Bonchev–Trinajstić information content (AvgIpc) is 2.83. The molecule has 1 aliphatic heterocycles. The lowest BCUT2D eigenvalue weighted by molar-refractivity contribution is -0.159. The van der Waals surface area contributed by atoms with E-state index in [4.69, 9.17) is 4.74 Å². The van der Waals surface area contributed by atoms with Crippen molar-refractivity contribution in [1.29, 1.82) is 0 Å². The number of nitrogens with one attached hydrogen (secondary N) is 2. The molecule has 7 heteroatoms. The molecule has 1 unspecified atom stereocenters. The van der Waals surface area contributed by atoms with Gasteiger partial charge in [-0.05, 0) is 43.0 Å². The molecule has 0 spiro atoms. The van der Waals surface area contributed by atoms with Crippen LogP contribution in [0.5, 0.6) is 0 Å². The predicted octanol–water partition coefficient (Wildman–Crippen LogP) is 3.67. The minimum atomic E-state index is -4.37. The topological polar surface area (TPSA) is 54.1 Å². The molecule has 0 amide bonds. The summed E-state index contributed by atoms with van der Waals surface area (Å²) >= 11 is 0. The van der Waals surface area contributed by atoms with Gasteiger partial charge in [-0.2, -0.15) is 13.2 Å². The van der Waals surface area contributed by atoms with Crippen LogP contribution in [0.15, 0.2) is 18.2 Å². The average molecular weight is 338 g/mol. The summed E-state index contributed by atoms with van der Waals surface area (Å²) in [5.41, 5.74) is 1.41. The highest BCUT2D eigenvalue weighted by Crippen LogP contribution is 2.36. The van der Waals surface area contributed by atoms with E-state index >= 15 is 0 Å². The lowest BCUT2D eigenvalue weighted by Gasteiger charge is -2.29. The van der Waals surface area contributed by atoms with Crippen molar-refractivity contribution in [3.8, 4) is 0 Å². The molecule has 1 aromatic carbocycles. The SMILES string of the molecule is O=C(OC1NCCc2c1[nH]c1ccc(C(F)(F)F)cc21)C1CCC1. The van der Waals surface area contributed by atoms with Gasteiger partial charge in [0.2, 0.25) is 0 Å². The fourth-order valence-corrected chi connectivity index (χ4v) is 3.33. The van der Waals surface area contributed by atoms with E-state index in [0.29, 0.717) is 29.6 Å². The van der Waals surface area contributed by atoms with Gasteiger partial charge >= 0.3 is 12.1 Å². The number of hydrogen-bond acceptors (Lipinski definition) is 3. The van der Waals surface area contributed by atoms with Gasteiger partial charge in [-0.1, -0.05) is 6.42 Å². The van der Waals surface area contributed by atoms with Crippen molar-refractivity contribution in [3.05, 3.63) is 35.0 Å². The van der Waals surface area contributed by atoms with Gasteiger partial charge in [-0.15, -0.1) is 0 Å². The maximum Gasteiger partial charge on any atom is 0.416 e. The number of ether oxygens (including phenoxy) is 1. The second-order valence-electron chi connectivity index (χ2n) is 6.42. The van der Waals surface area contributed by atoms with Gasteiger partial charge in [0.1, 0.15) is 0 Å². The lowest BCUT2D eigenvalue weighted by atomic mass is 9.86. The minimum absolute atomic E-state index is 0.0432. The number of rotatable bonds is 2. The molecule has 4 nitrogen and oxygen atoms in total. The molecule has 1 aromatic heterocycles. The summed E-state index contributed by atoms with van der Waals surface area (Å²) in [5, 5.41) is 3.67. The van der Waals surface area contributed by atoms with Crippen LogP contribution in [0.1, 0.15) is 42.3 Å². The Bertz CT molecular complexity index is 793. The van der Waals surface area contributed by atoms with Crippen LogP contribution in [0, 0.1) is 5.92 Å². The first-order valence-corrected chi connectivity index (χ1v) is 8.09. The third-order valence-electron chi connectivity index (χ3n) is 4.91. The normalized spacial score (nSPS) is 21.4. The van der Waals surface area contributed by atoms with E-state index in [-0.39, 0.29) is 11.9 Å². The highest BCUT2D eigenvalue weighted by molar-refractivity contribution is 5.86. The number of benzene rings is 1. The van der Waals surface area contributed by atoms with E-state index in [9.17, 15) is 18.0 Å². The molecule has 1 aliphatic carbocycles. The van der Waals surface area contributed by atoms with Gasteiger partial charge in [0.25, 0.3) is 0 Å². The Morgan fingerprint density at radius 3 is 2.71 bits per heavy atom. The smallest absolute Gasteiger partial charge is 0.416 e. The summed E-state index contributed by atoms with van der Waals surface area (Å²) in [6, 6.07) is 3.66. The van der Waals surface area contributed by atoms with Crippen LogP contribution >= 0.6 is 0 Å². The largest absolute Gasteiger partial charge is 0.440 e. The van der Waals surface area contributed by atoms with Gasteiger partial charge in [-0.25, -0.2) is 0 Å². The Balaban J connectivity index is 1.68. The van der Waals surface area contributed by atoms with Crippen molar-refractivity contribution < 1.29 is 22.7 Å². The fraction of sp³-hybridized carbons (Fsp3) is 0.471. The zero-order valence-electron chi connectivity index (χ0n) is 12.9. The maximum absolute atomic E-state index is 12.9. The van der Waals surface area contributed by atoms with Crippen LogP contribution in [0.3, 0.4) is 0 Å². The van der Waals surface area contributed by atoms with Crippen molar-refractivity contribution in [1.82, 2.24) is 10.3 Å². The number of carbonyl (C=O) groups is 1. The van der Waals surface area contributed by atoms with Crippen molar-refractivity contribution in [3.63, 3.8) is 0 Å². The molecule has 4 rings (SSSR count). The molecule has 1 fully saturated rings. The lowest BCUT2D eigenvalue weighted by Crippen LogP contribution is -2.35.